The maximum atomic E-state index is 12.3. The normalized spacial score (nSPS) is 14.3. The number of rotatable bonds is 6. The van der Waals surface area contributed by atoms with Crippen LogP contribution in [0.4, 0.5) is 5.69 Å². The minimum Gasteiger partial charge on any atom is -0.323 e. The molecule has 0 unspecified atom stereocenters. The van der Waals surface area contributed by atoms with Crippen molar-refractivity contribution in [2.24, 2.45) is 0 Å². The van der Waals surface area contributed by atoms with Crippen LogP contribution in [0.5, 0.6) is 0 Å². The highest BCUT2D eigenvalue weighted by Gasteiger charge is 2.29. The average molecular weight is 320 g/mol. The molecule has 0 radical (unpaired) electrons. The molecule has 1 aromatic heterocycles. The molecule has 6 nitrogen and oxygen atoms in total. The summed E-state index contributed by atoms with van der Waals surface area (Å²) in [6, 6.07) is 5.86. The van der Waals surface area contributed by atoms with E-state index in [1.54, 1.807) is 23.1 Å². The second kappa shape index (κ2) is 6.46. The second-order valence-electron chi connectivity index (χ2n) is 5.34. The van der Waals surface area contributed by atoms with E-state index in [-0.39, 0.29) is 5.91 Å². The zero-order valence-corrected chi connectivity index (χ0v) is 13.1. The van der Waals surface area contributed by atoms with Gasteiger partial charge in [0.2, 0.25) is 5.91 Å². The molecule has 1 amide bonds. The lowest BCUT2D eigenvalue weighted by molar-refractivity contribution is -0.117. The van der Waals surface area contributed by atoms with Gasteiger partial charge >= 0.3 is 0 Å². The molecule has 1 aromatic carbocycles. The Labute approximate surface area is 134 Å². The van der Waals surface area contributed by atoms with Gasteiger partial charge in [-0.15, -0.1) is 0 Å². The molecule has 1 aliphatic rings. The van der Waals surface area contributed by atoms with Crippen LogP contribution >= 0.6 is 11.6 Å². The molecule has 0 aliphatic heterocycles. The average Bonchev–Trinajstić information content (AvgIpc) is 3.20. The summed E-state index contributed by atoms with van der Waals surface area (Å²) in [7, 11) is 0. The van der Waals surface area contributed by atoms with Crippen LogP contribution in [0.1, 0.15) is 19.8 Å². The van der Waals surface area contributed by atoms with Gasteiger partial charge in [0.15, 0.2) is 0 Å². The fourth-order valence-electron chi connectivity index (χ4n) is 2.45. The number of likely N-dealkylation sites (N-methyl/N-ethyl adjacent to an activating group) is 1. The number of hydrogen-bond acceptors (Lipinski definition) is 4. The molecule has 0 saturated heterocycles. The molecule has 0 bridgehead atoms. The van der Waals surface area contributed by atoms with Crippen LogP contribution in [-0.4, -0.2) is 44.7 Å². The molecule has 2 aromatic rings. The Balaban J connectivity index is 1.76. The third-order valence-corrected chi connectivity index (χ3v) is 3.95. The SMILES string of the molecule is CCN(CC(=O)Nc1cc(Cl)ccc1-n1cncn1)C1CC1. The molecule has 1 saturated carbocycles. The molecule has 116 valence electrons. The molecule has 1 N–H and O–H groups in total. The second-order valence-corrected chi connectivity index (χ2v) is 5.78. The van der Waals surface area contributed by atoms with Crippen LogP contribution in [0.25, 0.3) is 5.69 Å². The van der Waals surface area contributed by atoms with Gasteiger partial charge in [-0.1, -0.05) is 18.5 Å². The first kappa shape index (κ1) is 15.0. The van der Waals surface area contributed by atoms with Gasteiger partial charge < -0.3 is 5.32 Å². The summed E-state index contributed by atoms with van der Waals surface area (Å²) in [5, 5.41) is 7.60. The van der Waals surface area contributed by atoms with Gasteiger partial charge in [0, 0.05) is 11.1 Å². The lowest BCUT2D eigenvalue weighted by atomic mass is 10.2. The predicted molar refractivity (Wildman–Crippen MR) is 85.3 cm³/mol. The summed E-state index contributed by atoms with van der Waals surface area (Å²) in [5.41, 5.74) is 1.37. The summed E-state index contributed by atoms with van der Waals surface area (Å²) in [6.07, 6.45) is 5.40. The number of benzene rings is 1. The van der Waals surface area contributed by atoms with Gasteiger partial charge in [0.25, 0.3) is 0 Å². The van der Waals surface area contributed by atoms with E-state index in [0.29, 0.717) is 23.3 Å². The zero-order valence-electron chi connectivity index (χ0n) is 12.4. The van der Waals surface area contributed by atoms with Crippen molar-refractivity contribution < 1.29 is 4.79 Å². The fourth-order valence-corrected chi connectivity index (χ4v) is 2.63. The lowest BCUT2D eigenvalue weighted by Gasteiger charge is -2.19. The van der Waals surface area contributed by atoms with Crippen molar-refractivity contribution in [3.05, 3.63) is 35.9 Å². The number of amides is 1. The minimum atomic E-state index is -0.0441. The molecule has 3 rings (SSSR count). The summed E-state index contributed by atoms with van der Waals surface area (Å²) < 4.78 is 1.60. The van der Waals surface area contributed by atoms with Gasteiger partial charge in [-0.25, -0.2) is 9.67 Å². The van der Waals surface area contributed by atoms with Crippen LogP contribution < -0.4 is 5.32 Å². The maximum Gasteiger partial charge on any atom is 0.238 e. The maximum absolute atomic E-state index is 12.3. The number of aromatic nitrogens is 3. The standard InChI is InChI=1S/C15H18ClN5O/c1-2-20(12-4-5-12)8-15(22)19-13-7-11(16)3-6-14(13)21-10-17-9-18-21/h3,6-7,9-10,12H,2,4-5,8H2,1H3,(H,19,22). The van der Waals surface area contributed by atoms with E-state index in [1.807, 2.05) is 6.07 Å². The number of hydrogen-bond donors (Lipinski definition) is 1. The van der Waals surface area contributed by atoms with E-state index in [4.69, 9.17) is 11.6 Å². The summed E-state index contributed by atoms with van der Waals surface area (Å²) >= 11 is 6.05. The first-order valence-electron chi connectivity index (χ1n) is 7.36. The van der Waals surface area contributed by atoms with Crippen LogP contribution in [0.15, 0.2) is 30.9 Å². The van der Waals surface area contributed by atoms with Crippen LogP contribution in [0.3, 0.4) is 0 Å². The van der Waals surface area contributed by atoms with Crippen molar-refractivity contribution in [2.45, 2.75) is 25.8 Å². The van der Waals surface area contributed by atoms with Crippen molar-refractivity contribution >= 4 is 23.2 Å². The quantitative estimate of drug-likeness (QED) is 0.887. The number of halogens is 1. The van der Waals surface area contributed by atoms with Gasteiger partial charge in [-0.05, 0) is 37.6 Å². The lowest BCUT2D eigenvalue weighted by Crippen LogP contribution is -2.34. The Kier molecular flexibility index (Phi) is 4.40. The summed E-state index contributed by atoms with van der Waals surface area (Å²) in [4.78, 5) is 18.4. The molecular weight excluding hydrogens is 302 g/mol. The van der Waals surface area contributed by atoms with Crippen molar-refractivity contribution in [1.29, 1.82) is 0 Å². The molecule has 0 spiro atoms. The first-order valence-corrected chi connectivity index (χ1v) is 7.73. The third-order valence-electron chi connectivity index (χ3n) is 3.71. The topological polar surface area (TPSA) is 63.1 Å². The highest BCUT2D eigenvalue weighted by Crippen LogP contribution is 2.27. The monoisotopic (exact) mass is 319 g/mol. The van der Waals surface area contributed by atoms with Crippen molar-refractivity contribution in [2.75, 3.05) is 18.4 Å². The Morgan fingerprint density at radius 2 is 2.32 bits per heavy atom. The third kappa shape index (κ3) is 3.45. The number of carbonyl (C=O) groups is 1. The van der Waals surface area contributed by atoms with Crippen molar-refractivity contribution in [3.8, 4) is 5.69 Å². The summed E-state index contributed by atoms with van der Waals surface area (Å²) in [6.45, 7) is 3.35. The fraction of sp³-hybridized carbons (Fsp3) is 0.400. The number of carbonyl (C=O) groups excluding carboxylic acids is 1. The van der Waals surface area contributed by atoms with Crippen molar-refractivity contribution in [1.82, 2.24) is 19.7 Å². The first-order chi connectivity index (χ1) is 10.7. The highest BCUT2D eigenvalue weighted by molar-refractivity contribution is 6.31. The minimum absolute atomic E-state index is 0.0441. The molecular formula is C15H18ClN5O. The Morgan fingerprint density at radius 1 is 1.50 bits per heavy atom. The number of nitrogens with zero attached hydrogens (tertiary/aromatic N) is 4. The van der Waals surface area contributed by atoms with E-state index in [2.05, 4.69) is 27.2 Å². The zero-order chi connectivity index (χ0) is 15.5. The van der Waals surface area contributed by atoms with Gasteiger partial charge in [-0.2, -0.15) is 5.10 Å². The largest absolute Gasteiger partial charge is 0.323 e. The Bertz CT molecular complexity index is 654. The van der Waals surface area contributed by atoms with Crippen LogP contribution in [-0.2, 0) is 4.79 Å². The van der Waals surface area contributed by atoms with E-state index in [0.717, 1.165) is 12.2 Å². The molecule has 1 fully saturated rings. The Morgan fingerprint density at radius 3 is 2.95 bits per heavy atom. The molecule has 22 heavy (non-hydrogen) atoms. The number of anilines is 1. The van der Waals surface area contributed by atoms with Gasteiger partial charge in [0.1, 0.15) is 12.7 Å². The van der Waals surface area contributed by atoms with E-state index in [9.17, 15) is 4.79 Å². The van der Waals surface area contributed by atoms with E-state index >= 15 is 0 Å². The van der Waals surface area contributed by atoms with Gasteiger partial charge in [-0.3, -0.25) is 9.69 Å². The highest BCUT2D eigenvalue weighted by atomic mass is 35.5. The van der Waals surface area contributed by atoms with Crippen LogP contribution in [0.2, 0.25) is 5.02 Å². The van der Waals surface area contributed by atoms with Crippen LogP contribution in [0, 0.1) is 0 Å². The molecule has 0 atom stereocenters. The van der Waals surface area contributed by atoms with E-state index < -0.39 is 0 Å². The molecule has 1 heterocycles. The van der Waals surface area contributed by atoms with Gasteiger partial charge in [0.05, 0.1) is 17.9 Å². The van der Waals surface area contributed by atoms with E-state index in [1.165, 1.54) is 19.2 Å². The molecule has 1 aliphatic carbocycles. The van der Waals surface area contributed by atoms with Crippen molar-refractivity contribution in [3.63, 3.8) is 0 Å². The molecule has 7 heteroatoms. The summed E-state index contributed by atoms with van der Waals surface area (Å²) in [5.74, 6) is -0.0441. The Hall–Kier alpha value is -1.92. The predicted octanol–water partition coefficient (Wildman–Crippen LogP) is 2.34. The smallest absolute Gasteiger partial charge is 0.238 e. The number of nitrogens with one attached hydrogen (secondary N) is 1.